The van der Waals surface area contributed by atoms with Crippen molar-refractivity contribution in [1.82, 2.24) is 4.98 Å². The molecule has 4 rings (SSSR count). The van der Waals surface area contributed by atoms with Gasteiger partial charge in [-0.2, -0.15) is 5.10 Å². The fraction of sp³-hybridized carbons (Fsp3) is 0.100. The number of aromatic nitrogens is 1. The van der Waals surface area contributed by atoms with Gasteiger partial charge in [0.05, 0.1) is 17.4 Å². The zero-order valence-electron chi connectivity index (χ0n) is 13.0. The van der Waals surface area contributed by atoms with Gasteiger partial charge >= 0.3 is 0 Å². The summed E-state index contributed by atoms with van der Waals surface area (Å²) in [6, 6.07) is 23.0. The summed E-state index contributed by atoms with van der Waals surface area (Å²) in [4.78, 5) is 4.23. The first-order valence-electron chi connectivity index (χ1n) is 7.89. The van der Waals surface area contributed by atoms with Crippen LogP contribution in [-0.4, -0.2) is 10.7 Å². The Balaban J connectivity index is 1.75. The third-order valence-electron chi connectivity index (χ3n) is 4.18. The van der Waals surface area contributed by atoms with E-state index in [2.05, 4.69) is 80.5 Å². The Bertz CT molecular complexity index is 845. The van der Waals surface area contributed by atoms with E-state index in [9.17, 15) is 0 Å². The van der Waals surface area contributed by atoms with Crippen LogP contribution < -0.4 is 5.01 Å². The number of anilines is 1. The molecule has 1 atom stereocenters. The highest BCUT2D eigenvalue weighted by Gasteiger charge is 2.29. The lowest BCUT2D eigenvalue weighted by Gasteiger charge is -2.24. The summed E-state index contributed by atoms with van der Waals surface area (Å²) in [6.07, 6.45) is 4.54. The van der Waals surface area contributed by atoms with Crippen LogP contribution in [0, 0.1) is 0 Å². The Morgan fingerprint density at radius 1 is 0.917 bits per heavy atom. The van der Waals surface area contributed by atoms with Gasteiger partial charge < -0.3 is 0 Å². The molecule has 0 amide bonds. The quantitative estimate of drug-likeness (QED) is 0.627. The molecule has 0 aliphatic carbocycles. The zero-order valence-corrected chi connectivity index (χ0v) is 14.6. The van der Waals surface area contributed by atoms with Crippen molar-refractivity contribution in [3.63, 3.8) is 0 Å². The standard InChI is InChI=1S/C20H16BrN3/c21-17-8-10-18(11-9-17)24-20(15-5-2-1-3-6-15)13-19(23-24)16-7-4-12-22-14-16/h1-12,14,20H,13H2/t20-/m1/s1. The second-order valence-electron chi connectivity index (χ2n) is 5.74. The highest BCUT2D eigenvalue weighted by atomic mass is 79.9. The molecule has 3 aromatic rings. The Labute approximate surface area is 149 Å². The van der Waals surface area contributed by atoms with Crippen molar-refractivity contribution in [2.45, 2.75) is 12.5 Å². The monoisotopic (exact) mass is 377 g/mol. The normalized spacial score (nSPS) is 17.0. The smallest absolute Gasteiger partial charge is 0.0831 e. The van der Waals surface area contributed by atoms with Crippen LogP contribution in [0.4, 0.5) is 5.69 Å². The number of halogens is 1. The van der Waals surface area contributed by atoms with Gasteiger partial charge in [0.25, 0.3) is 0 Å². The lowest BCUT2D eigenvalue weighted by atomic mass is 9.99. The molecule has 1 aliphatic heterocycles. The van der Waals surface area contributed by atoms with Crippen LogP contribution >= 0.6 is 15.9 Å². The predicted molar refractivity (Wildman–Crippen MR) is 101 cm³/mol. The van der Waals surface area contributed by atoms with E-state index in [1.807, 2.05) is 18.3 Å². The number of hydrazone groups is 1. The van der Waals surface area contributed by atoms with Gasteiger partial charge in [-0.15, -0.1) is 0 Å². The maximum Gasteiger partial charge on any atom is 0.0831 e. The van der Waals surface area contributed by atoms with Crippen molar-refractivity contribution in [2.75, 3.05) is 5.01 Å². The van der Waals surface area contributed by atoms with Gasteiger partial charge in [0.15, 0.2) is 0 Å². The zero-order chi connectivity index (χ0) is 16.4. The average Bonchev–Trinajstić information content (AvgIpc) is 3.09. The lowest BCUT2D eigenvalue weighted by molar-refractivity contribution is 0.709. The molecule has 0 fully saturated rings. The van der Waals surface area contributed by atoms with Gasteiger partial charge in [-0.05, 0) is 35.9 Å². The second kappa shape index (κ2) is 6.57. The minimum Gasteiger partial charge on any atom is -0.264 e. The van der Waals surface area contributed by atoms with Crippen LogP contribution in [0.2, 0.25) is 0 Å². The minimum atomic E-state index is 0.197. The van der Waals surface area contributed by atoms with Crippen molar-refractivity contribution in [3.8, 4) is 0 Å². The Morgan fingerprint density at radius 3 is 2.42 bits per heavy atom. The van der Waals surface area contributed by atoms with Crippen molar-refractivity contribution >= 4 is 27.3 Å². The molecule has 1 aromatic heterocycles. The number of hydrogen-bond acceptors (Lipinski definition) is 3. The molecule has 0 unspecified atom stereocenters. The maximum absolute atomic E-state index is 4.91. The van der Waals surface area contributed by atoms with Crippen LogP contribution in [-0.2, 0) is 0 Å². The topological polar surface area (TPSA) is 28.5 Å². The predicted octanol–water partition coefficient (Wildman–Crippen LogP) is 5.20. The van der Waals surface area contributed by atoms with Crippen molar-refractivity contribution in [3.05, 3.63) is 94.7 Å². The van der Waals surface area contributed by atoms with Crippen LogP contribution in [0.1, 0.15) is 23.6 Å². The molecule has 0 spiro atoms. The number of rotatable bonds is 3. The van der Waals surface area contributed by atoms with E-state index < -0.39 is 0 Å². The van der Waals surface area contributed by atoms with E-state index >= 15 is 0 Å². The second-order valence-corrected chi connectivity index (χ2v) is 6.66. The van der Waals surface area contributed by atoms with E-state index in [0.29, 0.717) is 0 Å². The summed E-state index contributed by atoms with van der Waals surface area (Å²) in [7, 11) is 0. The first-order valence-corrected chi connectivity index (χ1v) is 8.68. The van der Waals surface area contributed by atoms with Crippen LogP contribution in [0.25, 0.3) is 0 Å². The van der Waals surface area contributed by atoms with E-state index in [0.717, 1.165) is 27.9 Å². The molecule has 118 valence electrons. The lowest BCUT2D eigenvalue weighted by Crippen LogP contribution is -2.18. The summed E-state index contributed by atoms with van der Waals surface area (Å²) in [6.45, 7) is 0. The molecule has 4 heteroatoms. The summed E-state index contributed by atoms with van der Waals surface area (Å²) in [5, 5.41) is 7.03. The molecular formula is C20H16BrN3. The molecule has 0 saturated heterocycles. The third kappa shape index (κ3) is 2.97. The fourth-order valence-electron chi connectivity index (χ4n) is 2.98. The van der Waals surface area contributed by atoms with E-state index in [1.165, 1.54) is 5.56 Å². The summed E-state index contributed by atoms with van der Waals surface area (Å²) in [5.41, 5.74) is 4.51. The van der Waals surface area contributed by atoms with Crippen molar-refractivity contribution in [2.24, 2.45) is 5.10 Å². The van der Waals surface area contributed by atoms with Gasteiger partial charge in [0.1, 0.15) is 0 Å². The SMILES string of the molecule is Brc1ccc(N2N=C(c3cccnc3)C[C@@H]2c2ccccc2)cc1. The van der Waals surface area contributed by atoms with Crippen LogP contribution in [0.5, 0.6) is 0 Å². The first kappa shape index (κ1) is 15.1. The average molecular weight is 378 g/mol. The molecule has 0 N–H and O–H groups in total. The Kier molecular flexibility index (Phi) is 4.13. The maximum atomic E-state index is 4.91. The van der Waals surface area contributed by atoms with Gasteiger partial charge in [0, 0.05) is 28.9 Å². The van der Waals surface area contributed by atoms with E-state index in [-0.39, 0.29) is 6.04 Å². The Hall–Kier alpha value is -2.46. The molecule has 2 aromatic carbocycles. The number of hydrogen-bond donors (Lipinski definition) is 0. The van der Waals surface area contributed by atoms with E-state index in [4.69, 9.17) is 5.10 Å². The minimum absolute atomic E-state index is 0.197. The van der Waals surface area contributed by atoms with Crippen molar-refractivity contribution < 1.29 is 0 Å². The molecule has 2 heterocycles. The van der Waals surface area contributed by atoms with Crippen LogP contribution in [0.3, 0.4) is 0 Å². The highest BCUT2D eigenvalue weighted by Crippen LogP contribution is 2.36. The molecular weight excluding hydrogens is 362 g/mol. The largest absolute Gasteiger partial charge is 0.264 e. The van der Waals surface area contributed by atoms with E-state index in [1.54, 1.807) is 6.20 Å². The molecule has 1 aliphatic rings. The summed E-state index contributed by atoms with van der Waals surface area (Å²) >= 11 is 3.50. The number of pyridine rings is 1. The Morgan fingerprint density at radius 2 is 1.71 bits per heavy atom. The fourth-order valence-corrected chi connectivity index (χ4v) is 3.25. The number of nitrogens with zero attached hydrogens (tertiary/aromatic N) is 3. The highest BCUT2D eigenvalue weighted by molar-refractivity contribution is 9.10. The number of benzene rings is 2. The molecule has 3 nitrogen and oxygen atoms in total. The molecule has 24 heavy (non-hydrogen) atoms. The molecule has 0 radical (unpaired) electrons. The van der Waals surface area contributed by atoms with Crippen molar-refractivity contribution in [1.29, 1.82) is 0 Å². The molecule has 0 bridgehead atoms. The molecule has 0 saturated carbocycles. The van der Waals surface area contributed by atoms with Gasteiger partial charge in [-0.3, -0.25) is 9.99 Å². The van der Waals surface area contributed by atoms with Gasteiger partial charge in [-0.1, -0.05) is 52.3 Å². The van der Waals surface area contributed by atoms with Gasteiger partial charge in [-0.25, -0.2) is 0 Å². The summed E-state index contributed by atoms with van der Waals surface area (Å²) in [5.74, 6) is 0. The first-order chi connectivity index (χ1) is 11.8. The van der Waals surface area contributed by atoms with Gasteiger partial charge in [0.2, 0.25) is 0 Å². The van der Waals surface area contributed by atoms with Crippen LogP contribution in [0.15, 0.2) is 88.7 Å². The summed E-state index contributed by atoms with van der Waals surface area (Å²) < 4.78 is 1.07. The third-order valence-corrected chi connectivity index (χ3v) is 4.71.